The van der Waals surface area contributed by atoms with Crippen LogP contribution >= 0.6 is 0 Å². The van der Waals surface area contributed by atoms with Gasteiger partial charge >= 0.3 is 0 Å². The maximum atomic E-state index is 11.9. The second-order valence-electron chi connectivity index (χ2n) is 4.60. The molecular weight excluding hydrogens is 228 g/mol. The van der Waals surface area contributed by atoms with Crippen molar-refractivity contribution in [1.82, 2.24) is 4.90 Å². The predicted molar refractivity (Wildman–Crippen MR) is 62.7 cm³/mol. The van der Waals surface area contributed by atoms with Gasteiger partial charge in [0.1, 0.15) is 0 Å². The van der Waals surface area contributed by atoms with Crippen molar-refractivity contribution >= 4 is 15.7 Å². The van der Waals surface area contributed by atoms with Crippen molar-refractivity contribution in [3.63, 3.8) is 0 Å². The lowest BCUT2D eigenvalue weighted by atomic mass is 10.0. The van der Waals surface area contributed by atoms with Gasteiger partial charge in [-0.3, -0.25) is 4.79 Å². The molecule has 0 saturated carbocycles. The highest BCUT2D eigenvalue weighted by Crippen LogP contribution is 2.09. The van der Waals surface area contributed by atoms with Gasteiger partial charge in [0, 0.05) is 13.1 Å². The summed E-state index contributed by atoms with van der Waals surface area (Å²) < 4.78 is 22.7. The number of amides is 1. The minimum absolute atomic E-state index is 0.0591. The molecule has 5 nitrogen and oxygen atoms in total. The average molecular weight is 248 g/mol. The first-order chi connectivity index (χ1) is 7.33. The number of nitrogens with two attached hydrogens (primary N) is 1. The van der Waals surface area contributed by atoms with E-state index < -0.39 is 15.9 Å². The van der Waals surface area contributed by atoms with Crippen molar-refractivity contribution in [2.75, 3.05) is 24.6 Å². The summed E-state index contributed by atoms with van der Waals surface area (Å²) in [6.07, 6.45) is 0.513. The molecule has 0 bridgehead atoms. The number of carbonyl (C=O) groups excluding carboxylic acids is 1. The first-order valence-electron chi connectivity index (χ1n) is 5.58. The smallest absolute Gasteiger partial charge is 0.239 e. The van der Waals surface area contributed by atoms with E-state index in [-0.39, 0.29) is 29.9 Å². The number of hydrogen-bond donors (Lipinski definition) is 1. The molecule has 0 aliphatic carbocycles. The molecule has 0 unspecified atom stereocenters. The molecular formula is C10H20N2O3S. The molecule has 1 fully saturated rings. The van der Waals surface area contributed by atoms with Gasteiger partial charge in [0.15, 0.2) is 9.84 Å². The van der Waals surface area contributed by atoms with Gasteiger partial charge in [-0.2, -0.15) is 0 Å². The van der Waals surface area contributed by atoms with Crippen molar-refractivity contribution < 1.29 is 13.2 Å². The molecule has 94 valence electrons. The van der Waals surface area contributed by atoms with E-state index >= 15 is 0 Å². The van der Waals surface area contributed by atoms with Crippen LogP contribution in [0, 0.1) is 5.92 Å². The van der Waals surface area contributed by atoms with Gasteiger partial charge in [-0.05, 0) is 12.3 Å². The Morgan fingerprint density at radius 3 is 2.44 bits per heavy atom. The lowest BCUT2D eigenvalue weighted by molar-refractivity contribution is -0.133. The van der Waals surface area contributed by atoms with E-state index in [0.29, 0.717) is 13.0 Å². The highest BCUT2D eigenvalue weighted by molar-refractivity contribution is 7.91. The standard InChI is InChI=1S/C10H20N2O3S/c1-8(2)9(11)10(13)12-4-3-6-16(14,15)7-5-12/h8-9H,3-7,11H2,1-2H3/t9-/m1/s1. The summed E-state index contributed by atoms with van der Waals surface area (Å²) in [5.74, 6) is 0.177. The molecule has 1 atom stereocenters. The predicted octanol–water partition coefficient (Wildman–Crippen LogP) is -0.383. The fraction of sp³-hybridized carbons (Fsp3) is 0.900. The highest BCUT2D eigenvalue weighted by atomic mass is 32.2. The Morgan fingerprint density at radius 1 is 1.25 bits per heavy atom. The van der Waals surface area contributed by atoms with Crippen LogP contribution < -0.4 is 5.73 Å². The summed E-state index contributed by atoms with van der Waals surface area (Å²) in [5.41, 5.74) is 5.77. The largest absolute Gasteiger partial charge is 0.340 e. The van der Waals surface area contributed by atoms with Gasteiger partial charge in [0.25, 0.3) is 0 Å². The Bertz CT molecular complexity index is 351. The third kappa shape index (κ3) is 3.45. The third-order valence-corrected chi connectivity index (χ3v) is 4.59. The molecule has 0 aromatic carbocycles. The molecule has 0 aromatic heterocycles. The number of rotatable bonds is 2. The molecule has 1 rings (SSSR count). The van der Waals surface area contributed by atoms with Crippen LogP contribution in [0.2, 0.25) is 0 Å². The van der Waals surface area contributed by atoms with Crippen LogP contribution in [-0.2, 0) is 14.6 Å². The minimum atomic E-state index is -2.97. The molecule has 1 saturated heterocycles. The van der Waals surface area contributed by atoms with E-state index in [1.165, 1.54) is 0 Å². The Kier molecular flexibility index (Phi) is 4.32. The second-order valence-corrected chi connectivity index (χ2v) is 6.90. The Morgan fingerprint density at radius 2 is 1.88 bits per heavy atom. The first-order valence-corrected chi connectivity index (χ1v) is 7.40. The molecule has 1 amide bonds. The Hall–Kier alpha value is -0.620. The van der Waals surface area contributed by atoms with Gasteiger partial charge in [-0.15, -0.1) is 0 Å². The Balaban J connectivity index is 2.65. The van der Waals surface area contributed by atoms with E-state index in [4.69, 9.17) is 5.73 Å². The van der Waals surface area contributed by atoms with Crippen LogP contribution in [0.25, 0.3) is 0 Å². The monoisotopic (exact) mass is 248 g/mol. The molecule has 1 aliphatic heterocycles. The summed E-state index contributed by atoms with van der Waals surface area (Å²) >= 11 is 0. The third-order valence-electron chi connectivity index (χ3n) is 2.87. The summed E-state index contributed by atoms with van der Waals surface area (Å²) in [6.45, 7) is 4.55. The van der Waals surface area contributed by atoms with E-state index in [2.05, 4.69) is 0 Å². The maximum Gasteiger partial charge on any atom is 0.239 e. The molecule has 16 heavy (non-hydrogen) atoms. The Labute approximate surface area is 96.9 Å². The van der Waals surface area contributed by atoms with Crippen LogP contribution in [0.15, 0.2) is 0 Å². The van der Waals surface area contributed by atoms with Crippen LogP contribution in [-0.4, -0.2) is 49.9 Å². The van der Waals surface area contributed by atoms with Crippen molar-refractivity contribution in [2.45, 2.75) is 26.3 Å². The lowest BCUT2D eigenvalue weighted by Gasteiger charge is -2.25. The van der Waals surface area contributed by atoms with Crippen molar-refractivity contribution in [3.8, 4) is 0 Å². The van der Waals surface area contributed by atoms with Crippen LogP contribution in [0.5, 0.6) is 0 Å². The first kappa shape index (κ1) is 13.4. The molecule has 0 radical (unpaired) electrons. The zero-order valence-electron chi connectivity index (χ0n) is 9.85. The summed E-state index contributed by atoms with van der Waals surface area (Å²) in [5, 5.41) is 0. The van der Waals surface area contributed by atoms with Crippen molar-refractivity contribution in [1.29, 1.82) is 0 Å². The SMILES string of the molecule is CC(C)[C@@H](N)C(=O)N1CCCS(=O)(=O)CC1. The fourth-order valence-corrected chi connectivity index (χ4v) is 2.93. The molecule has 6 heteroatoms. The fourth-order valence-electron chi connectivity index (χ4n) is 1.65. The normalized spacial score (nSPS) is 22.9. The second kappa shape index (κ2) is 5.14. The molecule has 2 N–H and O–H groups in total. The van der Waals surface area contributed by atoms with E-state index in [1.807, 2.05) is 13.8 Å². The number of carbonyl (C=O) groups is 1. The molecule has 1 aliphatic rings. The van der Waals surface area contributed by atoms with Gasteiger partial charge < -0.3 is 10.6 Å². The van der Waals surface area contributed by atoms with Gasteiger partial charge in [-0.1, -0.05) is 13.8 Å². The summed E-state index contributed by atoms with van der Waals surface area (Å²) in [6, 6.07) is -0.527. The van der Waals surface area contributed by atoms with E-state index in [0.717, 1.165) is 0 Å². The summed E-state index contributed by atoms with van der Waals surface area (Å²) in [7, 11) is -2.97. The van der Waals surface area contributed by atoms with Crippen LogP contribution in [0.4, 0.5) is 0 Å². The van der Waals surface area contributed by atoms with E-state index in [1.54, 1.807) is 4.90 Å². The van der Waals surface area contributed by atoms with Gasteiger partial charge in [0.2, 0.25) is 5.91 Å². The molecule has 0 spiro atoms. The van der Waals surface area contributed by atoms with Crippen molar-refractivity contribution in [2.24, 2.45) is 11.7 Å². The quantitative estimate of drug-likeness (QED) is 0.722. The number of hydrogen-bond acceptors (Lipinski definition) is 4. The van der Waals surface area contributed by atoms with Crippen LogP contribution in [0.3, 0.4) is 0 Å². The van der Waals surface area contributed by atoms with Gasteiger partial charge in [-0.25, -0.2) is 8.42 Å². The zero-order chi connectivity index (χ0) is 12.3. The van der Waals surface area contributed by atoms with Crippen LogP contribution in [0.1, 0.15) is 20.3 Å². The summed E-state index contributed by atoms with van der Waals surface area (Å²) in [4.78, 5) is 13.5. The zero-order valence-corrected chi connectivity index (χ0v) is 10.7. The maximum absolute atomic E-state index is 11.9. The van der Waals surface area contributed by atoms with E-state index in [9.17, 15) is 13.2 Å². The average Bonchev–Trinajstić information content (AvgIpc) is 2.37. The highest BCUT2D eigenvalue weighted by Gasteiger charge is 2.27. The molecule has 0 aromatic rings. The van der Waals surface area contributed by atoms with Gasteiger partial charge in [0.05, 0.1) is 17.5 Å². The number of sulfone groups is 1. The minimum Gasteiger partial charge on any atom is -0.340 e. The molecule has 1 heterocycles. The lowest BCUT2D eigenvalue weighted by Crippen LogP contribution is -2.47. The van der Waals surface area contributed by atoms with Crippen molar-refractivity contribution in [3.05, 3.63) is 0 Å². The topological polar surface area (TPSA) is 80.5 Å². The number of nitrogens with zero attached hydrogens (tertiary/aromatic N) is 1.